The molecule has 0 radical (unpaired) electrons. The molecule has 9 heteroatoms. The van der Waals surface area contributed by atoms with Gasteiger partial charge in [0.25, 0.3) is 0 Å². The first-order valence-electron chi connectivity index (χ1n) is 33.6. The summed E-state index contributed by atoms with van der Waals surface area (Å²) in [6.07, 6.45) is 67.3. The van der Waals surface area contributed by atoms with Crippen LogP contribution in [-0.4, -0.2) is 87.5 Å². The maximum Gasteiger partial charge on any atom is 0.220 e. The van der Waals surface area contributed by atoms with Crippen LogP contribution >= 0.6 is 0 Å². The average Bonchev–Trinajstić information content (AvgIpc) is 3.42. The van der Waals surface area contributed by atoms with Crippen LogP contribution in [0.4, 0.5) is 0 Å². The number of amides is 1. The van der Waals surface area contributed by atoms with E-state index in [4.69, 9.17) is 9.47 Å². The lowest BCUT2D eigenvalue weighted by molar-refractivity contribution is -0.302. The van der Waals surface area contributed by atoms with Crippen LogP contribution in [0.15, 0.2) is 24.3 Å². The Bertz CT molecular complexity index is 1250. The van der Waals surface area contributed by atoms with Gasteiger partial charge in [-0.25, -0.2) is 0 Å². The lowest BCUT2D eigenvalue weighted by atomic mass is 9.99. The third-order valence-electron chi connectivity index (χ3n) is 16.3. The number of carbonyl (C=O) groups excluding carboxylic acids is 1. The maximum absolute atomic E-state index is 13.1. The number of aliphatic hydroxyl groups is 5. The van der Waals surface area contributed by atoms with Crippen molar-refractivity contribution >= 4 is 5.91 Å². The minimum Gasteiger partial charge on any atom is -0.394 e. The van der Waals surface area contributed by atoms with E-state index in [1.807, 2.05) is 6.08 Å². The number of aliphatic hydroxyl groups excluding tert-OH is 5. The third kappa shape index (κ3) is 45.4. The van der Waals surface area contributed by atoms with Gasteiger partial charge in [0.1, 0.15) is 24.4 Å². The highest BCUT2D eigenvalue weighted by Crippen LogP contribution is 2.23. The van der Waals surface area contributed by atoms with Crippen LogP contribution in [0.5, 0.6) is 0 Å². The van der Waals surface area contributed by atoms with Gasteiger partial charge in [-0.3, -0.25) is 4.79 Å². The van der Waals surface area contributed by atoms with Crippen LogP contribution in [-0.2, 0) is 14.3 Å². The SMILES string of the molecule is CCCCCCCCCCCCCC/C=C/C(O)C(COC1OC(CO)C(O)C(O)C1O)NC(=O)CCCCCCCCCCCCCCCCCCC/C=C\CCCCCCCCCCCCCCCCCCCC. The molecule has 0 spiro atoms. The zero-order chi connectivity index (χ0) is 55.0. The summed E-state index contributed by atoms with van der Waals surface area (Å²) in [4.78, 5) is 13.1. The van der Waals surface area contributed by atoms with Crippen molar-refractivity contribution in [3.63, 3.8) is 0 Å². The molecule has 6 N–H and O–H groups in total. The monoisotopic (exact) mass is 1080 g/mol. The molecule has 1 heterocycles. The third-order valence-corrected chi connectivity index (χ3v) is 16.3. The van der Waals surface area contributed by atoms with Crippen molar-refractivity contribution in [1.29, 1.82) is 0 Å². The van der Waals surface area contributed by atoms with Gasteiger partial charge in [-0.15, -0.1) is 0 Å². The number of hydrogen-bond donors (Lipinski definition) is 6. The number of rotatable bonds is 59. The van der Waals surface area contributed by atoms with Gasteiger partial charge in [-0.05, 0) is 44.9 Å². The molecule has 1 fully saturated rings. The van der Waals surface area contributed by atoms with Gasteiger partial charge >= 0.3 is 0 Å². The first-order chi connectivity index (χ1) is 37.3. The second-order valence-electron chi connectivity index (χ2n) is 23.6. The molecule has 1 aliphatic heterocycles. The minimum absolute atomic E-state index is 0.171. The van der Waals surface area contributed by atoms with Gasteiger partial charge in [0.2, 0.25) is 5.91 Å². The summed E-state index contributed by atoms with van der Waals surface area (Å²) in [5.74, 6) is -0.171. The topological polar surface area (TPSA) is 149 Å². The van der Waals surface area contributed by atoms with Gasteiger partial charge in [0.15, 0.2) is 6.29 Å². The number of allylic oxidation sites excluding steroid dienone is 3. The summed E-state index contributed by atoms with van der Waals surface area (Å²) in [5.41, 5.74) is 0. The Labute approximate surface area is 470 Å². The van der Waals surface area contributed by atoms with E-state index in [2.05, 4.69) is 31.3 Å². The van der Waals surface area contributed by atoms with E-state index in [0.29, 0.717) is 6.42 Å². The highest BCUT2D eigenvalue weighted by molar-refractivity contribution is 5.76. The van der Waals surface area contributed by atoms with Crippen molar-refractivity contribution in [2.24, 2.45) is 0 Å². The summed E-state index contributed by atoms with van der Waals surface area (Å²) < 4.78 is 11.3. The van der Waals surface area contributed by atoms with E-state index in [9.17, 15) is 30.3 Å². The summed E-state index contributed by atoms with van der Waals surface area (Å²) in [7, 11) is 0. The second-order valence-corrected chi connectivity index (χ2v) is 23.6. The van der Waals surface area contributed by atoms with Crippen LogP contribution < -0.4 is 5.32 Å². The molecule has 7 unspecified atom stereocenters. The largest absolute Gasteiger partial charge is 0.394 e. The highest BCUT2D eigenvalue weighted by Gasteiger charge is 2.44. The van der Waals surface area contributed by atoms with Gasteiger partial charge in [-0.1, -0.05) is 314 Å². The molecular weight excluding hydrogens is 947 g/mol. The molecule has 0 aromatic heterocycles. The smallest absolute Gasteiger partial charge is 0.220 e. The predicted octanol–water partition coefficient (Wildman–Crippen LogP) is 17.7. The van der Waals surface area contributed by atoms with Crippen molar-refractivity contribution < 1.29 is 39.8 Å². The summed E-state index contributed by atoms with van der Waals surface area (Å²) in [6.45, 7) is 3.81. The predicted molar refractivity (Wildman–Crippen MR) is 323 cm³/mol. The molecule has 450 valence electrons. The first-order valence-corrected chi connectivity index (χ1v) is 33.6. The van der Waals surface area contributed by atoms with Crippen LogP contribution in [0.25, 0.3) is 0 Å². The van der Waals surface area contributed by atoms with Gasteiger partial charge < -0.3 is 40.3 Å². The van der Waals surface area contributed by atoms with Gasteiger partial charge in [0.05, 0.1) is 25.4 Å². The van der Waals surface area contributed by atoms with Crippen molar-refractivity contribution in [3.05, 3.63) is 24.3 Å². The van der Waals surface area contributed by atoms with E-state index in [-0.39, 0.29) is 12.5 Å². The Morgan fingerprint density at radius 2 is 0.737 bits per heavy atom. The van der Waals surface area contributed by atoms with Crippen LogP contribution in [0, 0.1) is 0 Å². The molecule has 0 bridgehead atoms. The second kappa shape index (κ2) is 56.9. The van der Waals surface area contributed by atoms with Crippen molar-refractivity contribution in [2.75, 3.05) is 13.2 Å². The zero-order valence-electron chi connectivity index (χ0n) is 50.3. The summed E-state index contributed by atoms with van der Waals surface area (Å²) >= 11 is 0. The molecule has 1 saturated heterocycles. The minimum atomic E-state index is -1.56. The van der Waals surface area contributed by atoms with E-state index in [1.165, 1.54) is 283 Å². The lowest BCUT2D eigenvalue weighted by Gasteiger charge is -2.40. The number of carbonyl (C=O) groups is 1. The maximum atomic E-state index is 13.1. The molecular formula is C67H129NO8. The molecule has 76 heavy (non-hydrogen) atoms. The van der Waals surface area contributed by atoms with Crippen molar-refractivity contribution in [1.82, 2.24) is 5.32 Å². The normalized spacial score (nSPS) is 18.9. The Balaban J connectivity index is 2.03. The zero-order valence-corrected chi connectivity index (χ0v) is 50.3. The Hall–Kier alpha value is -1.33. The van der Waals surface area contributed by atoms with E-state index in [1.54, 1.807) is 6.08 Å². The van der Waals surface area contributed by atoms with Crippen LogP contribution in [0.3, 0.4) is 0 Å². The fourth-order valence-corrected chi connectivity index (χ4v) is 11.0. The highest BCUT2D eigenvalue weighted by atomic mass is 16.7. The van der Waals surface area contributed by atoms with Crippen LogP contribution in [0.1, 0.15) is 341 Å². The fraction of sp³-hybridized carbons (Fsp3) is 0.925. The number of hydrogen-bond acceptors (Lipinski definition) is 8. The molecule has 0 aromatic rings. The summed E-state index contributed by atoms with van der Waals surface area (Å²) in [5, 5.41) is 54.5. The lowest BCUT2D eigenvalue weighted by Crippen LogP contribution is -2.60. The van der Waals surface area contributed by atoms with Gasteiger partial charge in [-0.2, -0.15) is 0 Å². The Morgan fingerprint density at radius 1 is 0.434 bits per heavy atom. The Morgan fingerprint density at radius 3 is 1.07 bits per heavy atom. The molecule has 1 aliphatic rings. The van der Waals surface area contributed by atoms with Gasteiger partial charge in [0, 0.05) is 6.42 Å². The average molecular weight is 1080 g/mol. The standard InChI is InChI=1S/C67H129NO8/c1-3-5-7-9-11-13-15-17-19-20-21-22-23-24-25-26-27-28-29-30-31-32-33-34-35-36-37-38-39-40-41-42-43-45-47-49-51-53-55-57-63(71)68-60(59-75-67-66(74)65(73)64(72)62(58-69)76-67)61(70)56-54-52-50-48-46-44-18-16-14-12-10-8-6-4-2/h30-31,54,56,60-62,64-67,69-70,72-74H,3-29,32-53,55,57-59H2,1-2H3,(H,68,71)/b31-30-,56-54+. The Kier molecular flexibility index (Phi) is 54.4. The fourth-order valence-electron chi connectivity index (χ4n) is 11.0. The van der Waals surface area contributed by atoms with E-state index in [0.717, 1.165) is 38.5 Å². The molecule has 9 nitrogen and oxygen atoms in total. The van der Waals surface area contributed by atoms with E-state index < -0.39 is 49.5 Å². The van der Waals surface area contributed by atoms with Crippen LogP contribution in [0.2, 0.25) is 0 Å². The molecule has 7 atom stereocenters. The summed E-state index contributed by atoms with van der Waals surface area (Å²) in [6, 6.07) is -0.802. The van der Waals surface area contributed by atoms with Crippen molar-refractivity contribution in [3.8, 4) is 0 Å². The number of nitrogens with one attached hydrogen (secondary N) is 1. The molecule has 1 rings (SSSR count). The number of unbranched alkanes of at least 4 members (excludes halogenated alkanes) is 47. The molecule has 0 saturated carbocycles. The quantitative estimate of drug-likeness (QED) is 0.0261. The molecule has 0 aliphatic carbocycles. The molecule has 0 aromatic carbocycles. The number of ether oxygens (including phenoxy) is 2. The first kappa shape index (κ1) is 72.7. The van der Waals surface area contributed by atoms with E-state index >= 15 is 0 Å². The van der Waals surface area contributed by atoms with Crippen molar-refractivity contribution in [2.45, 2.75) is 384 Å². The molecule has 1 amide bonds.